The second-order valence-electron chi connectivity index (χ2n) is 3.40. The Labute approximate surface area is 101 Å². The minimum atomic E-state index is 0.400. The zero-order valence-electron chi connectivity index (χ0n) is 8.59. The molecule has 2 heterocycles. The predicted molar refractivity (Wildman–Crippen MR) is 62.3 cm³/mol. The van der Waals surface area contributed by atoms with E-state index in [0.29, 0.717) is 22.4 Å². The summed E-state index contributed by atoms with van der Waals surface area (Å²) in [6.45, 7) is 0. The van der Waals surface area contributed by atoms with Crippen LogP contribution in [0.2, 0.25) is 5.02 Å². The van der Waals surface area contributed by atoms with Crippen molar-refractivity contribution < 1.29 is 4.52 Å². The fourth-order valence-electron chi connectivity index (χ4n) is 1.45. The third-order valence-electron chi connectivity index (χ3n) is 2.24. The van der Waals surface area contributed by atoms with Crippen molar-refractivity contribution in [1.29, 1.82) is 0 Å². The molecule has 0 atom stereocenters. The molecule has 6 heteroatoms. The van der Waals surface area contributed by atoms with Gasteiger partial charge in [0.15, 0.2) is 0 Å². The van der Waals surface area contributed by atoms with E-state index in [1.165, 1.54) is 0 Å². The van der Waals surface area contributed by atoms with Gasteiger partial charge in [0.1, 0.15) is 5.69 Å². The first-order chi connectivity index (χ1) is 8.33. The number of hydrogen-bond acceptors (Lipinski definition) is 4. The number of H-pyrrole nitrogens is 1. The summed E-state index contributed by atoms with van der Waals surface area (Å²) < 4.78 is 5.13. The van der Waals surface area contributed by atoms with Crippen LogP contribution in [0.1, 0.15) is 0 Å². The highest BCUT2D eigenvalue weighted by atomic mass is 35.5. The lowest BCUT2D eigenvalue weighted by Crippen LogP contribution is -1.81. The number of aromatic nitrogens is 4. The Hall–Kier alpha value is -2.14. The fourth-order valence-corrected chi connectivity index (χ4v) is 1.64. The molecule has 2 aromatic heterocycles. The molecule has 0 saturated carbocycles. The quantitative estimate of drug-likeness (QED) is 0.755. The molecule has 1 N–H and O–H groups in total. The van der Waals surface area contributed by atoms with E-state index < -0.39 is 0 Å². The maximum Gasteiger partial charge on any atom is 0.276 e. The van der Waals surface area contributed by atoms with Gasteiger partial charge in [-0.05, 0) is 18.2 Å². The van der Waals surface area contributed by atoms with Crippen LogP contribution in [0.3, 0.4) is 0 Å². The SMILES string of the molecule is Clc1cccc(-c2noc(-c3ccn[nH]3)n2)c1. The maximum atomic E-state index is 5.90. The first kappa shape index (κ1) is 10.0. The number of aromatic amines is 1. The molecule has 0 fully saturated rings. The average Bonchev–Trinajstić information content (AvgIpc) is 3.00. The first-order valence-corrected chi connectivity index (χ1v) is 5.30. The van der Waals surface area contributed by atoms with Gasteiger partial charge in [-0.3, -0.25) is 5.10 Å². The zero-order valence-corrected chi connectivity index (χ0v) is 9.35. The molecule has 0 aliphatic carbocycles. The van der Waals surface area contributed by atoms with Crippen molar-refractivity contribution in [2.45, 2.75) is 0 Å². The lowest BCUT2D eigenvalue weighted by molar-refractivity contribution is 0.431. The molecule has 0 spiro atoms. The van der Waals surface area contributed by atoms with Crippen LogP contribution in [-0.2, 0) is 0 Å². The van der Waals surface area contributed by atoms with Gasteiger partial charge in [-0.15, -0.1) is 0 Å². The highest BCUT2D eigenvalue weighted by molar-refractivity contribution is 6.30. The Kier molecular flexibility index (Phi) is 2.38. The van der Waals surface area contributed by atoms with Crippen LogP contribution in [0, 0.1) is 0 Å². The number of rotatable bonds is 2. The second kappa shape index (κ2) is 4.03. The van der Waals surface area contributed by atoms with Crippen LogP contribution in [0.25, 0.3) is 23.0 Å². The topological polar surface area (TPSA) is 67.6 Å². The molecule has 0 amide bonds. The second-order valence-corrected chi connectivity index (χ2v) is 3.84. The molecular formula is C11H7ClN4O. The Morgan fingerprint density at radius 2 is 2.18 bits per heavy atom. The van der Waals surface area contributed by atoms with Crippen LogP contribution >= 0.6 is 11.6 Å². The van der Waals surface area contributed by atoms with Gasteiger partial charge in [0.25, 0.3) is 5.89 Å². The lowest BCUT2D eigenvalue weighted by Gasteiger charge is -1.93. The maximum absolute atomic E-state index is 5.90. The van der Waals surface area contributed by atoms with Crippen molar-refractivity contribution in [1.82, 2.24) is 20.3 Å². The van der Waals surface area contributed by atoms with E-state index in [0.717, 1.165) is 5.56 Å². The van der Waals surface area contributed by atoms with E-state index in [4.69, 9.17) is 16.1 Å². The molecule has 3 rings (SSSR count). The minimum absolute atomic E-state index is 0.400. The van der Waals surface area contributed by atoms with Gasteiger partial charge in [-0.25, -0.2) is 0 Å². The monoisotopic (exact) mass is 246 g/mol. The van der Waals surface area contributed by atoms with E-state index >= 15 is 0 Å². The highest BCUT2D eigenvalue weighted by Crippen LogP contribution is 2.22. The van der Waals surface area contributed by atoms with Gasteiger partial charge >= 0.3 is 0 Å². The Bertz CT molecular complexity index is 632. The molecular weight excluding hydrogens is 240 g/mol. The largest absolute Gasteiger partial charge is 0.332 e. The smallest absolute Gasteiger partial charge is 0.276 e. The number of benzene rings is 1. The standard InChI is InChI=1S/C11H7ClN4O/c12-8-3-1-2-7(6-8)10-14-11(17-16-10)9-4-5-13-15-9/h1-6H,(H,13,15). The van der Waals surface area contributed by atoms with E-state index in [-0.39, 0.29) is 0 Å². The number of nitrogens with one attached hydrogen (secondary N) is 1. The molecule has 1 aromatic carbocycles. The summed E-state index contributed by atoms with van der Waals surface area (Å²) in [4.78, 5) is 4.26. The number of nitrogens with zero attached hydrogens (tertiary/aromatic N) is 3. The van der Waals surface area contributed by atoms with Crippen LogP contribution in [-0.4, -0.2) is 20.3 Å². The molecule has 0 aliphatic rings. The van der Waals surface area contributed by atoms with Gasteiger partial charge in [-0.1, -0.05) is 28.9 Å². The summed E-state index contributed by atoms with van der Waals surface area (Å²) >= 11 is 5.90. The molecule has 0 aliphatic heterocycles. The third-order valence-corrected chi connectivity index (χ3v) is 2.48. The summed E-state index contributed by atoms with van der Waals surface area (Å²) in [5.41, 5.74) is 1.50. The summed E-state index contributed by atoms with van der Waals surface area (Å²) in [5, 5.41) is 11.1. The van der Waals surface area contributed by atoms with E-state index in [1.807, 2.05) is 12.1 Å². The van der Waals surface area contributed by atoms with E-state index in [1.54, 1.807) is 24.4 Å². The van der Waals surface area contributed by atoms with Crippen molar-refractivity contribution in [3.8, 4) is 23.0 Å². The van der Waals surface area contributed by atoms with Crippen molar-refractivity contribution in [2.24, 2.45) is 0 Å². The average molecular weight is 247 g/mol. The normalized spacial score (nSPS) is 10.6. The van der Waals surface area contributed by atoms with Crippen molar-refractivity contribution in [3.05, 3.63) is 41.6 Å². The summed E-state index contributed by atoms with van der Waals surface area (Å²) in [6.07, 6.45) is 1.62. The van der Waals surface area contributed by atoms with Crippen molar-refractivity contribution >= 4 is 11.6 Å². The fraction of sp³-hybridized carbons (Fsp3) is 0. The molecule has 0 saturated heterocycles. The minimum Gasteiger partial charge on any atom is -0.332 e. The van der Waals surface area contributed by atoms with Gasteiger partial charge in [0, 0.05) is 16.8 Å². The molecule has 5 nitrogen and oxygen atoms in total. The van der Waals surface area contributed by atoms with E-state index in [9.17, 15) is 0 Å². The Balaban J connectivity index is 2.01. The van der Waals surface area contributed by atoms with Crippen LogP contribution < -0.4 is 0 Å². The van der Waals surface area contributed by atoms with Gasteiger partial charge in [0.05, 0.1) is 0 Å². The Morgan fingerprint density at radius 3 is 2.94 bits per heavy atom. The highest BCUT2D eigenvalue weighted by Gasteiger charge is 2.11. The zero-order chi connectivity index (χ0) is 11.7. The molecule has 0 bridgehead atoms. The lowest BCUT2D eigenvalue weighted by atomic mass is 10.2. The van der Waals surface area contributed by atoms with Crippen LogP contribution in [0.15, 0.2) is 41.1 Å². The number of halogens is 1. The first-order valence-electron chi connectivity index (χ1n) is 4.92. The van der Waals surface area contributed by atoms with Gasteiger partial charge in [-0.2, -0.15) is 10.1 Å². The van der Waals surface area contributed by atoms with Crippen molar-refractivity contribution in [2.75, 3.05) is 0 Å². The predicted octanol–water partition coefficient (Wildman–Crippen LogP) is 2.78. The summed E-state index contributed by atoms with van der Waals surface area (Å²) in [5.74, 6) is 0.898. The summed E-state index contributed by atoms with van der Waals surface area (Å²) in [7, 11) is 0. The van der Waals surface area contributed by atoms with Crippen molar-refractivity contribution in [3.63, 3.8) is 0 Å². The van der Waals surface area contributed by atoms with Gasteiger partial charge < -0.3 is 4.52 Å². The Morgan fingerprint density at radius 1 is 1.24 bits per heavy atom. The third kappa shape index (κ3) is 1.92. The molecule has 3 aromatic rings. The molecule has 84 valence electrons. The van der Waals surface area contributed by atoms with Gasteiger partial charge in [0.2, 0.25) is 5.82 Å². The molecule has 0 radical (unpaired) electrons. The van der Waals surface area contributed by atoms with Crippen LogP contribution in [0.4, 0.5) is 0 Å². The molecule has 17 heavy (non-hydrogen) atoms. The van der Waals surface area contributed by atoms with Crippen LogP contribution in [0.5, 0.6) is 0 Å². The van der Waals surface area contributed by atoms with E-state index in [2.05, 4.69) is 20.3 Å². The summed E-state index contributed by atoms with van der Waals surface area (Å²) in [6, 6.07) is 9.04. The molecule has 0 unspecified atom stereocenters. The number of hydrogen-bond donors (Lipinski definition) is 1.